The van der Waals surface area contributed by atoms with E-state index in [1.54, 1.807) is 27.9 Å². The lowest BCUT2D eigenvalue weighted by Crippen LogP contribution is -2.35. The SMILES string of the molecule is [2H][C@@](Nc1cc(Cl)c2ncc(C#N)c(N(COP(=O)(O)O)CC(C)(C)C)c2c1)(c1ccc(F)cc1)c1cn(C2CC2)nn1. The Morgan fingerprint density at radius 1 is 1.33 bits per heavy atom. The molecule has 220 valence electrons. The predicted molar refractivity (Wildman–Crippen MR) is 156 cm³/mol. The van der Waals surface area contributed by atoms with Gasteiger partial charge in [-0.3, -0.25) is 9.51 Å². The van der Waals surface area contributed by atoms with Crippen LogP contribution in [0.2, 0.25) is 5.02 Å². The molecule has 1 aliphatic rings. The summed E-state index contributed by atoms with van der Waals surface area (Å²) in [5, 5.41) is 22.3. The topological polar surface area (TPSA) is 149 Å². The molecule has 0 amide bonds. The van der Waals surface area contributed by atoms with E-state index in [9.17, 15) is 25.4 Å². The molecule has 0 unspecified atom stereocenters. The molecule has 5 rings (SSSR count). The summed E-state index contributed by atoms with van der Waals surface area (Å²) in [5.41, 5.74) is 1.39. The second kappa shape index (κ2) is 11.6. The van der Waals surface area contributed by atoms with Crippen LogP contribution in [0.4, 0.5) is 15.8 Å². The summed E-state index contributed by atoms with van der Waals surface area (Å²) in [7, 11) is -4.85. The van der Waals surface area contributed by atoms with Crippen LogP contribution >= 0.6 is 19.4 Å². The van der Waals surface area contributed by atoms with Crippen LogP contribution in [0.25, 0.3) is 10.9 Å². The van der Waals surface area contributed by atoms with E-state index >= 15 is 0 Å². The van der Waals surface area contributed by atoms with E-state index < -0.39 is 26.4 Å². The number of phosphoric acid groups is 1. The van der Waals surface area contributed by atoms with E-state index in [1.807, 2.05) is 20.8 Å². The molecular formula is C28H30ClFN7O4P. The molecule has 42 heavy (non-hydrogen) atoms. The number of benzene rings is 2. The molecule has 0 radical (unpaired) electrons. The minimum absolute atomic E-state index is 0.127. The normalized spacial score (nSPS) is 15.6. The van der Waals surface area contributed by atoms with Crippen molar-refractivity contribution in [2.45, 2.75) is 45.7 Å². The van der Waals surface area contributed by atoms with E-state index in [4.69, 9.17) is 16.1 Å². The first kappa shape index (κ1) is 28.5. The maximum absolute atomic E-state index is 13.9. The van der Waals surface area contributed by atoms with Crippen molar-refractivity contribution < 1.29 is 24.6 Å². The summed E-state index contributed by atoms with van der Waals surface area (Å²) in [6, 6.07) is 9.30. The van der Waals surface area contributed by atoms with Gasteiger partial charge in [0.25, 0.3) is 0 Å². The zero-order valence-corrected chi connectivity index (χ0v) is 24.8. The van der Waals surface area contributed by atoms with Crippen LogP contribution in [-0.4, -0.2) is 43.0 Å². The Kier molecular flexibility index (Phi) is 7.87. The summed E-state index contributed by atoms with van der Waals surface area (Å²) < 4.78 is 41.6. The molecule has 2 heterocycles. The second-order valence-corrected chi connectivity index (χ2v) is 13.0. The molecule has 1 fully saturated rings. The zero-order valence-electron chi connectivity index (χ0n) is 24.1. The van der Waals surface area contributed by atoms with Crippen LogP contribution in [0.15, 0.2) is 48.8 Å². The van der Waals surface area contributed by atoms with E-state index in [-0.39, 0.29) is 34.3 Å². The Morgan fingerprint density at radius 2 is 2.05 bits per heavy atom. The minimum atomic E-state index is -4.85. The van der Waals surface area contributed by atoms with Crippen molar-refractivity contribution in [3.63, 3.8) is 0 Å². The predicted octanol–water partition coefficient (Wildman–Crippen LogP) is 5.95. The van der Waals surface area contributed by atoms with Gasteiger partial charge in [0.05, 0.1) is 41.4 Å². The average molecular weight is 615 g/mol. The highest BCUT2D eigenvalue weighted by molar-refractivity contribution is 7.46. The summed E-state index contributed by atoms with van der Waals surface area (Å²) >= 11 is 6.71. The van der Waals surface area contributed by atoms with Crippen molar-refractivity contribution in [1.29, 1.82) is 5.26 Å². The van der Waals surface area contributed by atoms with Crippen LogP contribution in [0.5, 0.6) is 0 Å². The van der Waals surface area contributed by atoms with Gasteiger partial charge in [0, 0.05) is 23.8 Å². The molecule has 1 atom stereocenters. The number of anilines is 2. The molecule has 4 aromatic rings. The molecule has 1 aliphatic carbocycles. The van der Waals surface area contributed by atoms with Crippen LogP contribution in [0.1, 0.15) is 63.9 Å². The lowest BCUT2D eigenvalue weighted by molar-refractivity contribution is 0.191. The number of pyridine rings is 1. The quantitative estimate of drug-likeness (QED) is 0.144. The zero-order chi connectivity index (χ0) is 31.2. The fraction of sp³-hybridized carbons (Fsp3) is 0.357. The van der Waals surface area contributed by atoms with Crippen molar-refractivity contribution >= 4 is 41.7 Å². The van der Waals surface area contributed by atoms with Gasteiger partial charge in [-0.2, -0.15) is 5.26 Å². The minimum Gasteiger partial charge on any atom is -0.373 e. The Morgan fingerprint density at radius 3 is 2.67 bits per heavy atom. The largest absolute Gasteiger partial charge is 0.471 e. The Hall–Kier alpha value is -3.59. The number of hydrogen-bond acceptors (Lipinski definition) is 8. The van der Waals surface area contributed by atoms with Crippen LogP contribution in [-0.2, 0) is 9.09 Å². The number of hydrogen-bond donors (Lipinski definition) is 3. The third kappa shape index (κ3) is 7.06. The average Bonchev–Trinajstić information content (AvgIpc) is 3.65. The first-order valence-electron chi connectivity index (χ1n) is 13.6. The van der Waals surface area contributed by atoms with Gasteiger partial charge in [-0.25, -0.2) is 13.6 Å². The number of nitrogens with zero attached hydrogens (tertiary/aromatic N) is 6. The summed E-state index contributed by atoms with van der Waals surface area (Å²) in [6.07, 6.45) is 4.96. The number of fused-ring (bicyclic) bond motifs is 1. The first-order chi connectivity index (χ1) is 20.2. The van der Waals surface area contributed by atoms with Crippen molar-refractivity contribution in [3.8, 4) is 6.07 Å². The number of halogens is 2. The highest BCUT2D eigenvalue weighted by atomic mass is 35.5. The molecule has 0 aliphatic heterocycles. The molecule has 11 nitrogen and oxygen atoms in total. The fourth-order valence-electron chi connectivity index (χ4n) is 4.60. The van der Waals surface area contributed by atoms with Crippen LogP contribution < -0.4 is 10.2 Å². The number of rotatable bonds is 10. The first-order valence-corrected chi connectivity index (χ1v) is 15.0. The Balaban J connectivity index is 1.66. The summed E-state index contributed by atoms with van der Waals surface area (Å²) in [6.45, 7) is 5.52. The number of nitrogens with one attached hydrogen (secondary N) is 1. The standard InChI is InChI=1S/C28H30ClFN7O4P/c1-28(2,3)15-36(16-41-42(38,39)40)27-18(12-31)13-32-26-22(27)10-20(11-23(26)29)33-25(17-4-6-19(30)7-5-17)24-14-37(35-34-24)21-8-9-21/h4-7,10-11,13-14,21,25,33H,8-9,15-16H2,1-3H3,(H2,38,39,40)/t25-/m1/s1/i25D. The molecule has 2 aromatic carbocycles. The van der Waals surface area contributed by atoms with Crippen molar-refractivity contribution in [3.05, 3.63) is 76.5 Å². The van der Waals surface area contributed by atoms with E-state index in [2.05, 4.69) is 26.7 Å². The van der Waals surface area contributed by atoms with Crippen molar-refractivity contribution in [2.75, 3.05) is 23.5 Å². The lowest BCUT2D eigenvalue weighted by atomic mass is 9.95. The van der Waals surface area contributed by atoms with E-state index in [1.165, 1.54) is 30.5 Å². The van der Waals surface area contributed by atoms with E-state index in [0.717, 1.165) is 12.8 Å². The van der Waals surface area contributed by atoms with Gasteiger partial charge < -0.3 is 20.0 Å². The molecular weight excluding hydrogens is 584 g/mol. The molecule has 0 bridgehead atoms. The van der Waals surface area contributed by atoms with Gasteiger partial charge in [-0.05, 0) is 48.1 Å². The number of aromatic nitrogens is 4. The monoisotopic (exact) mass is 614 g/mol. The van der Waals surface area contributed by atoms with Crippen molar-refractivity contribution in [2.24, 2.45) is 5.41 Å². The van der Waals surface area contributed by atoms with Gasteiger partial charge in [-0.1, -0.05) is 49.7 Å². The number of nitriles is 1. The second-order valence-electron chi connectivity index (χ2n) is 11.3. The fourth-order valence-corrected chi connectivity index (χ4v) is 5.16. The summed E-state index contributed by atoms with van der Waals surface area (Å²) in [5.74, 6) is -0.460. The summed E-state index contributed by atoms with van der Waals surface area (Å²) in [4.78, 5) is 24.8. The molecule has 1 saturated carbocycles. The van der Waals surface area contributed by atoms with Crippen LogP contribution in [0.3, 0.4) is 0 Å². The van der Waals surface area contributed by atoms with Gasteiger partial charge in [0.2, 0.25) is 0 Å². The Labute approximate surface area is 248 Å². The van der Waals surface area contributed by atoms with Gasteiger partial charge in [0.15, 0.2) is 0 Å². The van der Waals surface area contributed by atoms with Gasteiger partial charge >= 0.3 is 7.82 Å². The molecule has 0 spiro atoms. The smallest absolute Gasteiger partial charge is 0.373 e. The number of phosphoric ester groups is 1. The highest BCUT2D eigenvalue weighted by Crippen LogP contribution is 2.41. The van der Waals surface area contributed by atoms with E-state index in [0.29, 0.717) is 27.8 Å². The highest BCUT2D eigenvalue weighted by Gasteiger charge is 2.28. The van der Waals surface area contributed by atoms with Gasteiger partial charge in [-0.15, -0.1) is 5.10 Å². The molecule has 2 aromatic heterocycles. The van der Waals surface area contributed by atoms with Crippen LogP contribution in [0, 0.1) is 22.6 Å². The van der Waals surface area contributed by atoms with Crippen molar-refractivity contribution in [1.82, 2.24) is 20.0 Å². The third-order valence-electron chi connectivity index (χ3n) is 6.47. The molecule has 14 heteroatoms. The maximum Gasteiger partial charge on any atom is 0.471 e. The van der Waals surface area contributed by atoms with Gasteiger partial charge in [0.1, 0.15) is 24.3 Å². The molecule has 3 N–H and O–H groups in total. The molecule has 0 saturated heterocycles. The maximum atomic E-state index is 13.9. The Bertz CT molecular complexity index is 1750. The third-order valence-corrected chi connectivity index (χ3v) is 7.21. The lowest BCUT2D eigenvalue weighted by Gasteiger charge is -2.33.